The number of pyridine rings is 1. The van der Waals surface area contributed by atoms with Crippen LogP contribution in [0.1, 0.15) is 25.3 Å². The van der Waals surface area contributed by atoms with Gasteiger partial charge in [-0.1, -0.05) is 6.92 Å². The van der Waals surface area contributed by atoms with E-state index in [4.69, 9.17) is 0 Å². The van der Waals surface area contributed by atoms with Crippen molar-refractivity contribution in [1.29, 1.82) is 5.26 Å². The normalized spacial score (nSPS) is 15.6. The molecule has 1 aliphatic heterocycles. The van der Waals surface area contributed by atoms with Crippen molar-refractivity contribution in [2.45, 2.75) is 19.8 Å². The predicted molar refractivity (Wildman–Crippen MR) is 85.0 cm³/mol. The van der Waals surface area contributed by atoms with Gasteiger partial charge in [0.15, 0.2) is 0 Å². The van der Waals surface area contributed by atoms with E-state index in [-0.39, 0.29) is 5.82 Å². The number of nitriles is 1. The molecule has 0 spiro atoms. The first-order valence-electron chi connectivity index (χ1n) is 7.59. The highest BCUT2D eigenvalue weighted by molar-refractivity contribution is 5.65. The van der Waals surface area contributed by atoms with E-state index in [0.29, 0.717) is 5.56 Å². The lowest BCUT2D eigenvalue weighted by Gasteiger charge is -2.31. The first-order chi connectivity index (χ1) is 10.7. The number of rotatable bonds is 2. The van der Waals surface area contributed by atoms with Crippen molar-refractivity contribution >= 4 is 5.82 Å². The lowest BCUT2D eigenvalue weighted by molar-refractivity contribution is 0.436. The number of aromatic nitrogens is 1. The van der Waals surface area contributed by atoms with Crippen LogP contribution in [0.2, 0.25) is 0 Å². The number of nitrogens with zero attached hydrogens (tertiary/aromatic N) is 3. The molecular formula is C18H18FN3. The van der Waals surface area contributed by atoms with Crippen LogP contribution in [0.3, 0.4) is 0 Å². The SMILES string of the molecule is CC1CCN(c2nc(-c3ccc(F)cc3)ccc2C#N)CC1. The van der Waals surface area contributed by atoms with Crippen LogP contribution in [0.25, 0.3) is 11.3 Å². The van der Waals surface area contributed by atoms with Crippen molar-refractivity contribution in [3.63, 3.8) is 0 Å². The minimum absolute atomic E-state index is 0.261. The van der Waals surface area contributed by atoms with Crippen molar-refractivity contribution in [3.05, 3.63) is 47.8 Å². The third kappa shape index (κ3) is 2.94. The summed E-state index contributed by atoms with van der Waals surface area (Å²) in [5.74, 6) is 1.21. The zero-order chi connectivity index (χ0) is 15.5. The number of halogens is 1. The lowest BCUT2D eigenvalue weighted by atomic mass is 9.99. The van der Waals surface area contributed by atoms with E-state index in [1.807, 2.05) is 6.07 Å². The lowest BCUT2D eigenvalue weighted by Crippen LogP contribution is -2.34. The summed E-state index contributed by atoms with van der Waals surface area (Å²) in [7, 11) is 0. The summed E-state index contributed by atoms with van der Waals surface area (Å²) in [4.78, 5) is 6.86. The predicted octanol–water partition coefficient (Wildman–Crippen LogP) is 4.00. The largest absolute Gasteiger partial charge is 0.355 e. The number of benzene rings is 1. The summed E-state index contributed by atoms with van der Waals surface area (Å²) in [6.07, 6.45) is 2.24. The molecule has 0 bridgehead atoms. The fraction of sp³-hybridized carbons (Fsp3) is 0.333. The number of anilines is 1. The number of hydrogen-bond acceptors (Lipinski definition) is 3. The molecule has 0 atom stereocenters. The molecule has 0 unspecified atom stereocenters. The van der Waals surface area contributed by atoms with E-state index in [2.05, 4.69) is 22.9 Å². The minimum Gasteiger partial charge on any atom is -0.355 e. The Morgan fingerprint density at radius 2 is 1.82 bits per heavy atom. The molecule has 112 valence electrons. The molecule has 2 aromatic rings. The van der Waals surface area contributed by atoms with Crippen molar-refractivity contribution in [2.75, 3.05) is 18.0 Å². The summed E-state index contributed by atoms with van der Waals surface area (Å²) in [5, 5.41) is 9.33. The molecular weight excluding hydrogens is 277 g/mol. The van der Waals surface area contributed by atoms with E-state index < -0.39 is 0 Å². The Bertz CT molecular complexity index is 695. The summed E-state index contributed by atoms with van der Waals surface area (Å²) >= 11 is 0. The third-order valence-electron chi connectivity index (χ3n) is 4.22. The molecule has 2 heterocycles. The zero-order valence-electron chi connectivity index (χ0n) is 12.6. The van der Waals surface area contributed by atoms with Crippen LogP contribution in [0, 0.1) is 23.1 Å². The second kappa shape index (κ2) is 6.15. The molecule has 0 radical (unpaired) electrons. The second-order valence-electron chi connectivity index (χ2n) is 5.86. The molecule has 0 saturated carbocycles. The first kappa shape index (κ1) is 14.5. The van der Waals surface area contributed by atoms with Crippen LogP contribution in [-0.2, 0) is 0 Å². The molecule has 1 saturated heterocycles. The molecule has 0 aliphatic carbocycles. The summed E-state index contributed by atoms with van der Waals surface area (Å²) in [6.45, 7) is 4.11. The van der Waals surface area contributed by atoms with Gasteiger partial charge in [0.2, 0.25) is 0 Å². The molecule has 1 aromatic carbocycles. The maximum atomic E-state index is 13.1. The van der Waals surface area contributed by atoms with Gasteiger partial charge < -0.3 is 4.90 Å². The third-order valence-corrected chi connectivity index (χ3v) is 4.22. The Morgan fingerprint density at radius 1 is 1.14 bits per heavy atom. The van der Waals surface area contributed by atoms with Gasteiger partial charge in [0.1, 0.15) is 17.7 Å². The van der Waals surface area contributed by atoms with Crippen molar-refractivity contribution in [2.24, 2.45) is 5.92 Å². The number of piperidine rings is 1. The fourth-order valence-corrected chi connectivity index (χ4v) is 2.78. The topological polar surface area (TPSA) is 39.9 Å². The maximum Gasteiger partial charge on any atom is 0.147 e. The van der Waals surface area contributed by atoms with Gasteiger partial charge in [0.05, 0.1) is 11.3 Å². The van der Waals surface area contributed by atoms with Crippen LogP contribution >= 0.6 is 0 Å². The van der Waals surface area contributed by atoms with Crippen molar-refractivity contribution in [1.82, 2.24) is 4.98 Å². The Morgan fingerprint density at radius 3 is 2.45 bits per heavy atom. The Balaban J connectivity index is 1.96. The molecule has 1 aromatic heterocycles. The Hall–Kier alpha value is -2.41. The highest BCUT2D eigenvalue weighted by atomic mass is 19.1. The standard InChI is InChI=1S/C18H18FN3/c1-13-8-10-22(11-9-13)18-15(12-20)4-7-17(21-18)14-2-5-16(19)6-3-14/h2-7,13H,8-11H2,1H3. The molecule has 3 rings (SSSR count). The van der Waals surface area contributed by atoms with Crippen LogP contribution in [-0.4, -0.2) is 18.1 Å². The Kier molecular flexibility index (Phi) is 4.06. The fourth-order valence-electron chi connectivity index (χ4n) is 2.78. The van der Waals surface area contributed by atoms with Gasteiger partial charge in [0, 0.05) is 18.7 Å². The Labute approximate surface area is 130 Å². The van der Waals surface area contributed by atoms with Gasteiger partial charge in [-0.25, -0.2) is 9.37 Å². The molecule has 1 fully saturated rings. The average Bonchev–Trinajstić information content (AvgIpc) is 2.56. The van der Waals surface area contributed by atoms with E-state index in [1.54, 1.807) is 18.2 Å². The quantitative estimate of drug-likeness (QED) is 0.841. The van der Waals surface area contributed by atoms with E-state index in [1.165, 1.54) is 12.1 Å². The first-order valence-corrected chi connectivity index (χ1v) is 7.59. The van der Waals surface area contributed by atoms with Crippen LogP contribution in [0.4, 0.5) is 10.2 Å². The van der Waals surface area contributed by atoms with Crippen LogP contribution < -0.4 is 4.90 Å². The number of hydrogen-bond donors (Lipinski definition) is 0. The molecule has 1 aliphatic rings. The van der Waals surface area contributed by atoms with Gasteiger partial charge in [-0.3, -0.25) is 0 Å². The summed E-state index contributed by atoms with van der Waals surface area (Å²) < 4.78 is 13.1. The second-order valence-corrected chi connectivity index (χ2v) is 5.86. The maximum absolute atomic E-state index is 13.1. The van der Waals surface area contributed by atoms with Gasteiger partial charge in [-0.2, -0.15) is 5.26 Å². The van der Waals surface area contributed by atoms with Crippen molar-refractivity contribution < 1.29 is 4.39 Å². The highest BCUT2D eigenvalue weighted by Gasteiger charge is 2.20. The monoisotopic (exact) mass is 295 g/mol. The van der Waals surface area contributed by atoms with E-state index in [0.717, 1.165) is 48.9 Å². The summed E-state index contributed by atoms with van der Waals surface area (Å²) in [5.41, 5.74) is 2.23. The van der Waals surface area contributed by atoms with Gasteiger partial charge >= 0.3 is 0 Å². The van der Waals surface area contributed by atoms with E-state index >= 15 is 0 Å². The van der Waals surface area contributed by atoms with Crippen molar-refractivity contribution in [3.8, 4) is 17.3 Å². The molecule has 4 heteroatoms. The van der Waals surface area contributed by atoms with Crippen LogP contribution in [0.15, 0.2) is 36.4 Å². The molecule has 0 amide bonds. The van der Waals surface area contributed by atoms with E-state index in [9.17, 15) is 9.65 Å². The highest BCUT2D eigenvalue weighted by Crippen LogP contribution is 2.27. The summed E-state index contributed by atoms with van der Waals surface area (Å²) in [6, 6.07) is 12.1. The average molecular weight is 295 g/mol. The minimum atomic E-state index is -0.261. The molecule has 0 N–H and O–H groups in total. The van der Waals surface area contributed by atoms with Gasteiger partial charge in [-0.15, -0.1) is 0 Å². The molecule has 3 nitrogen and oxygen atoms in total. The smallest absolute Gasteiger partial charge is 0.147 e. The molecule has 22 heavy (non-hydrogen) atoms. The van der Waals surface area contributed by atoms with Gasteiger partial charge in [-0.05, 0) is 55.2 Å². The van der Waals surface area contributed by atoms with Crippen LogP contribution in [0.5, 0.6) is 0 Å². The van der Waals surface area contributed by atoms with Gasteiger partial charge in [0.25, 0.3) is 0 Å². The zero-order valence-corrected chi connectivity index (χ0v) is 12.6.